The lowest BCUT2D eigenvalue weighted by atomic mass is 9.72. The third-order valence-corrected chi connectivity index (χ3v) is 7.57. The van der Waals surface area contributed by atoms with Crippen molar-refractivity contribution in [3.05, 3.63) is 35.9 Å². The molecule has 1 saturated heterocycles. The Morgan fingerprint density at radius 3 is 2.38 bits per heavy atom. The second kappa shape index (κ2) is 12.8. The number of hydrogen-bond acceptors (Lipinski definition) is 6. The molecule has 3 rings (SSSR count). The molecule has 206 valence electrons. The van der Waals surface area contributed by atoms with Gasteiger partial charge in [-0.1, -0.05) is 49.6 Å². The van der Waals surface area contributed by atoms with Gasteiger partial charge in [0.15, 0.2) is 0 Å². The van der Waals surface area contributed by atoms with Crippen molar-refractivity contribution in [1.29, 1.82) is 0 Å². The van der Waals surface area contributed by atoms with Crippen molar-refractivity contribution in [2.45, 2.75) is 95.5 Å². The summed E-state index contributed by atoms with van der Waals surface area (Å²) >= 11 is 0. The Bertz CT molecular complexity index is 919. The van der Waals surface area contributed by atoms with Gasteiger partial charge in [-0.3, -0.25) is 19.3 Å². The second-order valence-corrected chi connectivity index (χ2v) is 11.9. The first-order valence-corrected chi connectivity index (χ1v) is 13.5. The van der Waals surface area contributed by atoms with E-state index in [1.54, 1.807) is 0 Å². The van der Waals surface area contributed by atoms with Gasteiger partial charge in [-0.15, -0.1) is 0 Å². The number of nitrogens with one attached hydrogen (secondary N) is 2. The van der Waals surface area contributed by atoms with Gasteiger partial charge in [-0.05, 0) is 57.4 Å². The number of rotatable bonds is 10. The first-order chi connectivity index (χ1) is 17.4. The Labute approximate surface area is 220 Å². The maximum absolute atomic E-state index is 13.3. The van der Waals surface area contributed by atoms with Gasteiger partial charge in [0, 0.05) is 18.6 Å². The van der Waals surface area contributed by atoms with Gasteiger partial charge in [0.05, 0.1) is 30.7 Å². The molecule has 2 fully saturated rings. The first kappa shape index (κ1) is 29.1. The molecule has 0 bridgehead atoms. The number of benzene rings is 1. The minimum absolute atomic E-state index is 0.0177. The van der Waals surface area contributed by atoms with Crippen LogP contribution in [0.25, 0.3) is 0 Å². The highest BCUT2D eigenvalue weighted by atomic mass is 16.3. The van der Waals surface area contributed by atoms with E-state index >= 15 is 0 Å². The summed E-state index contributed by atoms with van der Waals surface area (Å²) < 4.78 is 0. The summed E-state index contributed by atoms with van der Waals surface area (Å²) in [5.41, 5.74) is 11.7. The van der Waals surface area contributed by atoms with Crippen molar-refractivity contribution in [3.8, 4) is 0 Å². The molecule has 0 radical (unpaired) electrons. The summed E-state index contributed by atoms with van der Waals surface area (Å²) in [6, 6.07) is 7.50. The van der Waals surface area contributed by atoms with E-state index in [-0.39, 0.29) is 30.5 Å². The SMILES string of the molecule is CC(C)(C)NC(=O)[C@H]1C[C@@H]2CCCC[C@@H]2CN1C[C@@H](O)[C@H](Cc1ccccc1)NC(=O)[C@H](N)CC(N)=O. The number of fused-ring (bicyclic) bond motifs is 1. The summed E-state index contributed by atoms with van der Waals surface area (Å²) in [4.78, 5) is 39.5. The van der Waals surface area contributed by atoms with Crippen LogP contribution in [0.15, 0.2) is 30.3 Å². The molecule has 0 aromatic heterocycles. The highest BCUT2D eigenvalue weighted by Crippen LogP contribution is 2.39. The third kappa shape index (κ3) is 8.79. The Morgan fingerprint density at radius 1 is 1.11 bits per heavy atom. The van der Waals surface area contributed by atoms with Crippen LogP contribution in [0.4, 0.5) is 0 Å². The summed E-state index contributed by atoms with van der Waals surface area (Å²) in [5, 5.41) is 17.4. The van der Waals surface area contributed by atoms with Crippen LogP contribution in [-0.2, 0) is 20.8 Å². The number of hydrogen-bond donors (Lipinski definition) is 5. The van der Waals surface area contributed by atoms with Gasteiger partial charge in [0.25, 0.3) is 0 Å². The van der Waals surface area contributed by atoms with Gasteiger partial charge in [0.1, 0.15) is 0 Å². The van der Waals surface area contributed by atoms with Gasteiger partial charge >= 0.3 is 0 Å². The Hall–Kier alpha value is -2.49. The molecule has 9 heteroatoms. The van der Waals surface area contributed by atoms with Crippen LogP contribution in [0.2, 0.25) is 0 Å². The molecule has 1 aromatic rings. The van der Waals surface area contributed by atoms with Crippen molar-refractivity contribution in [2.75, 3.05) is 13.1 Å². The number of likely N-dealkylation sites (tertiary alicyclic amines) is 1. The Balaban J connectivity index is 1.78. The van der Waals surface area contributed by atoms with E-state index in [1.165, 1.54) is 12.8 Å². The zero-order valence-corrected chi connectivity index (χ0v) is 22.5. The maximum atomic E-state index is 13.3. The van der Waals surface area contributed by atoms with Crippen LogP contribution in [0, 0.1) is 11.8 Å². The number of carbonyl (C=O) groups is 3. The largest absolute Gasteiger partial charge is 0.390 e. The van der Waals surface area contributed by atoms with Crippen molar-refractivity contribution in [3.63, 3.8) is 0 Å². The summed E-state index contributed by atoms with van der Waals surface area (Å²) in [6.07, 6.45) is 4.62. The average Bonchev–Trinajstić information content (AvgIpc) is 2.82. The lowest BCUT2D eigenvalue weighted by molar-refractivity contribution is -0.133. The lowest BCUT2D eigenvalue weighted by Gasteiger charge is -2.47. The molecule has 0 unspecified atom stereocenters. The number of β-amino-alcohol motifs (C(OH)–C–C–N with tert-alkyl or cyclic N) is 1. The number of nitrogens with two attached hydrogens (primary N) is 2. The molecule has 37 heavy (non-hydrogen) atoms. The average molecular weight is 516 g/mol. The van der Waals surface area contributed by atoms with Crippen LogP contribution >= 0.6 is 0 Å². The van der Waals surface area contributed by atoms with Crippen LogP contribution in [0.3, 0.4) is 0 Å². The number of aliphatic hydroxyl groups is 1. The monoisotopic (exact) mass is 515 g/mol. The number of piperidine rings is 1. The minimum atomic E-state index is -1.09. The molecule has 1 aliphatic heterocycles. The fourth-order valence-electron chi connectivity index (χ4n) is 5.74. The third-order valence-electron chi connectivity index (χ3n) is 7.57. The van der Waals surface area contributed by atoms with Gasteiger partial charge in [-0.2, -0.15) is 0 Å². The van der Waals surface area contributed by atoms with E-state index in [0.29, 0.717) is 18.3 Å². The van der Waals surface area contributed by atoms with Crippen LogP contribution in [0.5, 0.6) is 0 Å². The number of amides is 3. The van der Waals surface area contributed by atoms with Gasteiger partial charge in [-0.25, -0.2) is 0 Å². The summed E-state index contributed by atoms with van der Waals surface area (Å²) in [5.74, 6) is -0.191. The predicted molar refractivity (Wildman–Crippen MR) is 143 cm³/mol. The van der Waals surface area contributed by atoms with Gasteiger partial charge < -0.3 is 27.2 Å². The molecule has 2 aliphatic rings. The summed E-state index contributed by atoms with van der Waals surface area (Å²) in [7, 11) is 0. The van der Waals surface area contributed by atoms with Crippen LogP contribution < -0.4 is 22.1 Å². The van der Waals surface area contributed by atoms with Crippen molar-refractivity contribution < 1.29 is 19.5 Å². The van der Waals surface area contributed by atoms with Crippen molar-refractivity contribution in [2.24, 2.45) is 23.3 Å². The number of primary amides is 1. The van der Waals surface area contributed by atoms with E-state index in [4.69, 9.17) is 11.5 Å². The molecule has 6 atom stereocenters. The quantitative estimate of drug-likeness (QED) is 0.315. The number of carbonyl (C=O) groups excluding carboxylic acids is 3. The molecule has 1 aromatic carbocycles. The van der Waals surface area contributed by atoms with E-state index in [1.807, 2.05) is 51.1 Å². The first-order valence-electron chi connectivity index (χ1n) is 13.5. The molecule has 1 aliphatic carbocycles. The van der Waals surface area contributed by atoms with Gasteiger partial charge in [0.2, 0.25) is 17.7 Å². The summed E-state index contributed by atoms with van der Waals surface area (Å²) in [6.45, 7) is 6.90. The topological polar surface area (TPSA) is 151 Å². The zero-order chi connectivity index (χ0) is 27.2. The maximum Gasteiger partial charge on any atom is 0.237 e. The molecular weight excluding hydrogens is 470 g/mol. The van der Waals surface area contributed by atoms with Crippen LogP contribution in [0.1, 0.15) is 64.9 Å². The fraction of sp³-hybridized carbons (Fsp3) is 0.679. The Kier molecular flexibility index (Phi) is 10.1. The molecule has 1 heterocycles. The molecule has 0 spiro atoms. The van der Waals surface area contributed by atoms with E-state index in [0.717, 1.165) is 31.4 Å². The number of aliphatic hydroxyl groups excluding tert-OH is 1. The van der Waals surface area contributed by atoms with E-state index in [2.05, 4.69) is 15.5 Å². The highest BCUT2D eigenvalue weighted by molar-refractivity contribution is 5.87. The fourth-order valence-corrected chi connectivity index (χ4v) is 5.74. The van der Waals surface area contributed by atoms with Crippen LogP contribution in [-0.4, -0.2) is 70.6 Å². The zero-order valence-electron chi connectivity index (χ0n) is 22.5. The molecule has 1 saturated carbocycles. The smallest absolute Gasteiger partial charge is 0.237 e. The normalized spacial score (nSPS) is 24.8. The minimum Gasteiger partial charge on any atom is -0.390 e. The molecule has 3 amide bonds. The standard InChI is InChI=1S/C28H45N5O4/c1-28(2,3)32-27(37)23-14-19-11-7-8-12-20(19)16-33(23)17-24(34)22(13-18-9-5-4-6-10-18)31-26(36)21(29)15-25(30)35/h4-6,9-10,19-24,34H,7-8,11-17,29H2,1-3H3,(H2,30,35)(H,31,36)(H,32,37)/t19-,20+,21+,22-,23+,24+/m0/s1. The molecule has 7 N–H and O–H groups in total. The predicted octanol–water partition coefficient (Wildman–Crippen LogP) is 1.07. The van der Waals surface area contributed by atoms with E-state index in [9.17, 15) is 19.5 Å². The van der Waals surface area contributed by atoms with E-state index < -0.39 is 30.0 Å². The second-order valence-electron chi connectivity index (χ2n) is 11.9. The highest BCUT2D eigenvalue weighted by Gasteiger charge is 2.41. The molecule has 9 nitrogen and oxygen atoms in total. The number of nitrogens with zero attached hydrogens (tertiary/aromatic N) is 1. The Morgan fingerprint density at radius 2 is 1.76 bits per heavy atom. The molecular formula is C28H45N5O4. The lowest BCUT2D eigenvalue weighted by Crippen LogP contribution is -2.60. The van der Waals surface area contributed by atoms with Crippen molar-refractivity contribution in [1.82, 2.24) is 15.5 Å². The van der Waals surface area contributed by atoms with Crippen molar-refractivity contribution >= 4 is 17.7 Å².